The molecule has 0 saturated heterocycles. The molecule has 0 saturated carbocycles. The van der Waals surface area contributed by atoms with E-state index in [0.717, 1.165) is 24.3 Å². The van der Waals surface area contributed by atoms with E-state index in [2.05, 4.69) is 4.98 Å². The van der Waals surface area contributed by atoms with Gasteiger partial charge in [-0.2, -0.15) is 13.2 Å². The molecule has 0 bridgehead atoms. The van der Waals surface area contributed by atoms with Gasteiger partial charge >= 0.3 is 18.5 Å². The van der Waals surface area contributed by atoms with Crippen molar-refractivity contribution in [3.05, 3.63) is 29.2 Å². The van der Waals surface area contributed by atoms with Crippen LogP contribution in [0.4, 0.5) is 36.1 Å². The lowest BCUT2D eigenvalue weighted by atomic mass is 10.3. The minimum absolute atomic E-state index is 0.0314. The molecule has 0 atom stereocenters. The number of diazo groups is 1. The van der Waals surface area contributed by atoms with E-state index in [0.29, 0.717) is 0 Å². The molecule has 0 fully saturated rings. The zero-order valence-electron chi connectivity index (χ0n) is 9.15. The Hall–Kier alpha value is -1.84. The van der Waals surface area contributed by atoms with Gasteiger partial charge < -0.3 is 17.3 Å². The first kappa shape index (κ1) is 18.2. The molecule has 1 aromatic carbocycles. The van der Waals surface area contributed by atoms with Gasteiger partial charge in [-0.15, -0.1) is 0 Å². The first-order valence-electron chi connectivity index (χ1n) is 4.43. The van der Waals surface area contributed by atoms with Crippen LogP contribution >= 0.6 is 0 Å². The molecule has 1 rings (SSSR count). The second-order valence-corrected chi connectivity index (χ2v) is 4.98. The summed E-state index contributed by atoms with van der Waals surface area (Å²) in [6.07, 6.45) is 0. The van der Waals surface area contributed by atoms with Gasteiger partial charge in [0.2, 0.25) is 5.39 Å². The molecule has 4 nitrogen and oxygen atoms in total. The Morgan fingerprint density at radius 2 is 1.35 bits per heavy atom. The average molecular weight is 324 g/mol. The molecule has 0 amide bonds. The van der Waals surface area contributed by atoms with Crippen molar-refractivity contribution < 1.29 is 38.9 Å². The minimum atomic E-state index is -6.00. The number of halogens is 7. The van der Waals surface area contributed by atoms with Crippen LogP contribution in [0.5, 0.6) is 0 Å². The SMILES string of the molecule is F[B-](F)(F)F.N#[N+]c1ccc(S(=O)(=O)C(F)(F)F)cc1. The topological polar surface area (TPSA) is 62.3 Å². The summed E-state index contributed by atoms with van der Waals surface area (Å²) < 4.78 is 96.8. The van der Waals surface area contributed by atoms with Gasteiger partial charge in [0, 0.05) is 12.1 Å². The number of nitrogens with zero attached hydrogens (tertiary/aromatic N) is 2. The van der Waals surface area contributed by atoms with Crippen molar-refractivity contribution in [2.24, 2.45) is 0 Å². The first-order chi connectivity index (χ1) is 8.79. The molecule has 0 aliphatic carbocycles. The average Bonchev–Trinajstić information content (AvgIpc) is 2.25. The summed E-state index contributed by atoms with van der Waals surface area (Å²) in [6.45, 7) is 0. The van der Waals surface area contributed by atoms with Crippen LogP contribution in [0, 0.1) is 5.39 Å². The number of hydrogen-bond donors (Lipinski definition) is 0. The van der Waals surface area contributed by atoms with Crippen LogP contribution in [-0.4, -0.2) is 21.2 Å². The normalized spacial score (nSPS) is 12.1. The third-order valence-electron chi connectivity index (χ3n) is 1.57. The molecular formula is C7H4BF7N2O2S. The van der Waals surface area contributed by atoms with Gasteiger partial charge in [-0.1, -0.05) is 0 Å². The predicted octanol–water partition coefficient (Wildman–Crippen LogP) is 3.76. The third-order valence-corrected chi connectivity index (χ3v) is 3.07. The van der Waals surface area contributed by atoms with Crippen LogP contribution in [0.25, 0.3) is 4.98 Å². The smallest absolute Gasteiger partial charge is 0.418 e. The van der Waals surface area contributed by atoms with Crippen molar-refractivity contribution in [2.75, 3.05) is 0 Å². The molecule has 13 heteroatoms. The summed E-state index contributed by atoms with van der Waals surface area (Å²) >= 11 is 0. The summed E-state index contributed by atoms with van der Waals surface area (Å²) in [5.74, 6) is 0. The van der Waals surface area contributed by atoms with Crippen molar-refractivity contribution in [2.45, 2.75) is 10.4 Å². The van der Waals surface area contributed by atoms with E-state index in [-0.39, 0.29) is 5.69 Å². The molecule has 0 spiro atoms. The van der Waals surface area contributed by atoms with Gasteiger partial charge in [0.05, 0.1) is 4.90 Å². The fourth-order valence-corrected chi connectivity index (χ4v) is 1.59. The second kappa shape index (κ2) is 6.08. The number of rotatable bonds is 1. The second-order valence-electron chi connectivity index (χ2n) is 3.04. The molecular weight excluding hydrogens is 320 g/mol. The van der Waals surface area contributed by atoms with Crippen molar-refractivity contribution in [3.63, 3.8) is 0 Å². The Balaban J connectivity index is 0.000000621. The monoisotopic (exact) mass is 324 g/mol. The lowest BCUT2D eigenvalue weighted by molar-refractivity contribution is -0.0436. The Bertz CT molecular complexity index is 582. The van der Waals surface area contributed by atoms with E-state index in [1.807, 2.05) is 0 Å². The summed E-state index contributed by atoms with van der Waals surface area (Å²) in [5, 5.41) is 8.24. The van der Waals surface area contributed by atoms with Crippen LogP contribution in [0.3, 0.4) is 0 Å². The highest BCUT2D eigenvalue weighted by molar-refractivity contribution is 7.92. The fourth-order valence-electron chi connectivity index (χ4n) is 0.826. The van der Waals surface area contributed by atoms with Gasteiger partial charge in [0.25, 0.3) is 9.84 Å². The van der Waals surface area contributed by atoms with Gasteiger partial charge in [0.1, 0.15) is 0 Å². The molecule has 0 unspecified atom stereocenters. The summed E-state index contributed by atoms with van der Waals surface area (Å²) in [4.78, 5) is 1.79. The van der Waals surface area contributed by atoms with E-state index >= 15 is 0 Å². The van der Waals surface area contributed by atoms with Crippen LogP contribution in [0.2, 0.25) is 0 Å². The quantitative estimate of drug-likeness (QED) is 0.449. The Labute approximate surface area is 107 Å². The number of benzene rings is 1. The van der Waals surface area contributed by atoms with E-state index < -0.39 is 27.5 Å². The number of sulfone groups is 1. The molecule has 0 aliphatic heterocycles. The standard InChI is InChI=1S/C7H4F3N2O2S.BF4/c8-7(9,10)15(13,14)6-3-1-5(12-11)2-4-6;2-1(3,4)5/h1-4H;/q+1;-1. The van der Waals surface area contributed by atoms with E-state index in [9.17, 15) is 38.9 Å². The zero-order valence-corrected chi connectivity index (χ0v) is 9.97. The maximum absolute atomic E-state index is 12.0. The fraction of sp³-hybridized carbons (Fsp3) is 0.143. The number of alkyl halides is 3. The zero-order chi connectivity index (χ0) is 16.2. The predicted molar refractivity (Wildman–Crippen MR) is 54.6 cm³/mol. The van der Waals surface area contributed by atoms with E-state index in [1.165, 1.54) is 0 Å². The first-order valence-corrected chi connectivity index (χ1v) is 5.91. The van der Waals surface area contributed by atoms with Crippen molar-refractivity contribution in [3.8, 4) is 0 Å². The molecule has 1 aromatic rings. The van der Waals surface area contributed by atoms with Crippen molar-refractivity contribution in [1.82, 2.24) is 0 Å². The van der Waals surface area contributed by atoms with Crippen molar-refractivity contribution >= 4 is 22.8 Å². The summed E-state index contributed by atoms with van der Waals surface area (Å²) in [6, 6.07) is 3.35. The lowest BCUT2D eigenvalue weighted by Crippen LogP contribution is -2.23. The molecule has 0 radical (unpaired) electrons. The highest BCUT2D eigenvalue weighted by Gasteiger charge is 2.46. The Morgan fingerprint density at radius 3 is 1.60 bits per heavy atom. The molecule has 0 heterocycles. The number of hydrogen-bond acceptors (Lipinski definition) is 3. The Kier molecular flexibility index (Phi) is 5.52. The van der Waals surface area contributed by atoms with Crippen LogP contribution in [-0.2, 0) is 9.84 Å². The highest BCUT2D eigenvalue weighted by Crippen LogP contribution is 2.30. The van der Waals surface area contributed by atoms with Gasteiger partial charge in [0.15, 0.2) is 4.98 Å². The van der Waals surface area contributed by atoms with E-state index in [1.54, 1.807) is 0 Å². The lowest BCUT2D eigenvalue weighted by Gasteiger charge is -2.06. The van der Waals surface area contributed by atoms with Gasteiger partial charge in [-0.3, -0.25) is 0 Å². The maximum atomic E-state index is 12.0. The molecule has 0 aromatic heterocycles. The van der Waals surface area contributed by atoms with E-state index in [4.69, 9.17) is 5.39 Å². The molecule has 0 aliphatic rings. The molecule has 20 heavy (non-hydrogen) atoms. The summed E-state index contributed by atoms with van der Waals surface area (Å²) in [5.41, 5.74) is -5.36. The molecule has 0 N–H and O–H groups in total. The van der Waals surface area contributed by atoms with Crippen LogP contribution in [0.1, 0.15) is 0 Å². The molecule has 112 valence electrons. The third kappa shape index (κ3) is 5.87. The van der Waals surface area contributed by atoms with Gasteiger partial charge in [-0.05, 0) is 12.1 Å². The highest BCUT2D eigenvalue weighted by atomic mass is 32.2. The maximum Gasteiger partial charge on any atom is 0.673 e. The van der Waals surface area contributed by atoms with Gasteiger partial charge in [-0.25, -0.2) is 8.42 Å². The minimum Gasteiger partial charge on any atom is -0.418 e. The largest absolute Gasteiger partial charge is 0.673 e. The van der Waals surface area contributed by atoms with Crippen molar-refractivity contribution in [1.29, 1.82) is 5.39 Å². The van der Waals surface area contributed by atoms with Crippen LogP contribution < -0.4 is 0 Å². The Morgan fingerprint density at radius 1 is 1.00 bits per heavy atom. The van der Waals surface area contributed by atoms with Crippen LogP contribution in [0.15, 0.2) is 29.2 Å². The summed E-state index contributed by atoms with van der Waals surface area (Å²) in [7, 11) is -11.3.